The second-order valence-electron chi connectivity index (χ2n) is 8.84. The molecule has 1 fully saturated rings. The van der Waals surface area contributed by atoms with Gasteiger partial charge in [-0.1, -0.05) is 6.07 Å². The van der Waals surface area contributed by atoms with Crippen LogP contribution in [0.3, 0.4) is 0 Å². The van der Waals surface area contributed by atoms with E-state index in [4.69, 9.17) is 4.42 Å². The monoisotopic (exact) mass is 536 g/mol. The first-order valence-electron chi connectivity index (χ1n) is 11.5. The van der Waals surface area contributed by atoms with Gasteiger partial charge < -0.3 is 9.73 Å². The maximum absolute atomic E-state index is 13.4. The summed E-state index contributed by atoms with van der Waals surface area (Å²) < 4.78 is 72.6. The van der Waals surface area contributed by atoms with Crippen molar-refractivity contribution in [2.45, 2.75) is 24.0 Å². The van der Waals surface area contributed by atoms with E-state index in [1.54, 1.807) is 6.07 Å². The molecule has 0 radical (unpaired) electrons. The molecule has 1 unspecified atom stereocenters. The van der Waals surface area contributed by atoms with Crippen molar-refractivity contribution in [3.8, 4) is 0 Å². The van der Waals surface area contributed by atoms with Gasteiger partial charge in [0.15, 0.2) is 5.58 Å². The van der Waals surface area contributed by atoms with Gasteiger partial charge in [0.1, 0.15) is 12.1 Å². The van der Waals surface area contributed by atoms with Crippen molar-refractivity contribution in [3.63, 3.8) is 0 Å². The van der Waals surface area contributed by atoms with Crippen LogP contribution in [0.25, 0.3) is 22.0 Å². The highest BCUT2D eigenvalue weighted by Crippen LogP contribution is 2.35. The molecule has 1 aliphatic rings. The molecule has 14 heteroatoms. The van der Waals surface area contributed by atoms with Crippen LogP contribution in [0.1, 0.15) is 12.5 Å². The minimum Gasteiger partial charge on any atom is -0.408 e. The fourth-order valence-electron chi connectivity index (χ4n) is 4.49. The Hall–Kier alpha value is -3.49. The zero-order valence-corrected chi connectivity index (χ0v) is 20.4. The number of hydrogen-bond acceptors (Lipinski definition) is 8. The van der Waals surface area contributed by atoms with Gasteiger partial charge in [-0.3, -0.25) is 9.88 Å². The number of oxazole rings is 1. The summed E-state index contributed by atoms with van der Waals surface area (Å²) in [6, 6.07) is 7.92. The predicted octanol–water partition coefficient (Wildman–Crippen LogP) is 2.89. The van der Waals surface area contributed by atoms with Crippen molar-refractivity contribution in [1.29, 1.82) is 0 Å². The third kappa shape index (κ3) is 5.04. The summed E-state index contributed by atoms with van der Waals surface area (Å²) in [5.41, 5.74) is -0.403. The van der Waals surface area contributed by atoms with Crippen LogP contribution in [0.4, 0.5) is 19.0 Å². The molecule has 37 heavy (non-hydrogen) atoms. The molecule has 4 aromatic rings. The minimum atomic E-state index is -4.53. The SMILES string of the molecule is CC(CN1CCN(S(=O)(=O)c2ccc3[nH]c(=O)oc3c2)CC1)Nc1ncnc2c(C(F)(F)F)cccc12. The molecule has 196 valence electrons. The lowest BCUT2D eigenvalue weighted by atomic mass is 10.1. The topological polar surface area (TPSA) is 124 Å². The maximum atomic E-state index is 13.4. The maximum Gasteiger partial charge on any atom is 0.418 e. The van der Waals surface area contributed by atoms with Gasteiger partial charge in [0.25, 0.3) is 0 Å². The van der Waals surface area contributed by atoms with Gasteiger partial charge in [-0.25, -0.2) is 23.2 Å². The van der Waals surface area contributed by atoms with E-state index in [1.165, 1.54) is 28.6 Å². The lowest BCUT2D eigenvalue weighted by Crippen LogP contribution is -2.50. The summed E-state index contributed by atoms with van der Waals surface area (Å²) in [6.07, 6.45) is -3.43. The summed E-state index contributed by atoms with van der Waals surface area (Å²) in [5.74, 6) is -0.353. The van der Waals surface area contributed by atoms with Gasteiger partial charge >= 0.3 is 11.9 Å². The molecule has 1 saturated heterocycles. The number of aromatic nitrogens is 3. The lowest BCUT2D eigenvalue weighted by Gasteiger charge is -2.35. The van der Waals surface area contributed by atoms with Crippen molar-refractivity contribution < 1.29 is 26.0 Å². The first kappa shape index (κ1) is 25.2. The number of para-hydroxylation sites is 1. The van der Waals surface area contributed by atoms with E-state index in [9.17, 15) is 26.4 Å². The molecule has 0 aliphatic carbocycles. The number of sulfonamides is 1. The first-order valence-corrected chi connectivity index (χ1v) is 12.9. The molecule has 2 aromatic heterocycles. The Morgan fingerprint density at radius 3 is 2.62 bits per heavy atom. The fraction of sp³-hybridized carbons (Fsp3) is 0.348. The van der Waals surface area contributed by atoms with Crippen LogP contribution < -0.4 is 11.1 Å². The number of H-pyrrole nitrogens is 1. The quantitative estimate of drug-likeness (QED) is 0.386. The molecule has 0 amide bonds. The molecule has 2 aromatic carbocycles. The van der Waals surface area contributed by atoms with Crippen molar-refractivity contribution in [2.24, 2.45) is 0 Å². The molecule has 0 spiro atoms. The Bertz CT molecular complexity index is 1610. The first-order chi connectivity index (χ1) is 17.5. The summed E-state index contributed by atoms with van der Waals surface area (Å²) in [7, 11) is -3.78. The molecule has 0 saturated carbocycles. The molecule has 3 heterocycles. The number of benzene rings is 2. The van der Waals surface area contributed by atoms with Gasteiger partial charge in [0.2, 0.25) is 10.0 Å². The number of fused-ring (bicyclic) bond motifs is 2. The highest BCUT2D eigenvalue weighted by molar-refractivity contribution is 7.89. The normalized spacial score (nSPS) is 16.9. The molecular formula is C23H23F3N6O4S. The van der Waals surface area contributed by atoms with E-state index in [2.05, 4.69) is 25.2 Å². The van der Waals surface area contributed by atoms with Crippen LogP contribution in [0.15, 0.2) is 56.8 Å². The number of hydrogen-bond donors (Lipinski definition) is 2. The summed E-state index contributed by atoms with van der Waals surface area (Å²) >= 11 is 0. The zero-order chi connectivity index (χ0) is 26.4. The number of anilines is 1. The van der Waals surface area contributed by atoms with E-state index in [0.29, 0.717) is 31.0 Å². The lowest BCUT2D eigenvalue weighted by molar-refractivity contribution is -0.136. The molecule has 5 rings (SSSR count). The van der Waals surface area contributed by atoms with Crippen molar-refractivity contribution in [2.75, 3.05) is 38.0 Å². The zero-order valence-electron chi connectivity index (χ0n) is 19.6. The van der Waals surface area contributed by atoms with E-state index in [1.807, 2.05) is 6.92 Å². The second kappa shape index (κ2) is 9.43. The van der Waals surface area contributed by atoms with E-state index < -0.39 is 27.5 Å². The number of piperazine rings is 1. The molecule has 0 bridgehead atoms. The molecule has 1 aliphatic heterocycles. The van der Waals surface area contributed by atoms with E-state index >= 15 is 0 Å². The predicted molar refractivity (Wildman–Crippen MR) is 130 cm³/mol. The third-order valence-corrected chi connectivity index (χ3v) is 8.14. The van der Waals surface area contributed by atoms with Gasteiger partial charge in [-0.2, -0.15) is 17.5 Å². The highest BCUT2D eigenvalue weighted by atomic mass is 32.2. The van der Waals surface area contributed by atoms with Gasteiger partial charge in [-0.15, -0.1) is 0 Å². The van der Waals surface area contributed by atoms with Gasteiger partial charge in [0, 0.05) is 50.2 Å². The number of rotatable bonds is 6. The number of halogens is 3. The van der Waals surface area contributed by atoms with Crippen LogP contribution in [0, 0.1) is 0 Å². The Labute approximate surface area is 209 Å². The van der Waals surface area contributed by atoms with Crippen LogP contribution in [0.5, 0.6) is 0 Å². The van der Waals surface area contributed by atoms with Gasteiger partial charge in [-0.05, 0) is 31.2 Å². The minimum absolute atomic E-state index is 0.0418. The van der Waals surface area contributed by atoms with Crippen molar-refractivity contribution in [3.05, 3.63) is 58.8 Å². The number of nitrogens with one attached hydrogen (secondary N) is 2. The summed E-state index contributed by atoms with van der Waals surface area (Å²) in [4.78, 5) is 23.9. The highest BCUT2D eigenvalue weighted by Gasteiger charge is 2.34. The standard InChI is InChI=1S/C23H23F3N6O4S/c1-14(29-21-16-3-2-4-17(23(24,25)26)20(16)27-13-28-21)12-31-7-9-32(10-8-31)37(34,35)15-5-6-18-19(11-15)36-22(33)30-18/h2-6,11,13-14H,7-10,12H2,1H3,(H,30,33)(H,27,28,29). The molecular weight excluding hydrogens is 513 g/mol. The third-order valence-electron chi connectivity index (χ3n) is 6.25. The Balaban J connectivity index is 1.23. The van der Waals surface area contributed by atoms with Crippen molar-refractivity contribution >= 4 is 37.8 Å². The van der Waals surface area contributed by atoms with Crippen molar-refractivity contribution in [1.82, 2.24) is 24.2 Å². The van der Waals surface area contributed by atoms with Crippen LogP contribution in [-0.4, -0.2) is 71.3 Å². The Kier molecular flexibility index (Phi) is 6.41. The average Bonchev–Trinajstić information content (AvgIpc) is 3.23. The second-order valence-corrected chi connectivity index (χ2v) is 10.8. The fourth-order valence-corrected chi connectivity index (χ4v) is 5.92. The largest absolute Gasteiger partial charge is 0.418 e. The summed E-state index contributed by atoms with van der Waals surface area (Å²) in [5, 5.41) is 3.44. The van der Waals surface area contributed by atoms with E-state index in [-0.39, 0.29) is 40.5 Å². The number of nitrogens with zero attached hydrogens (tertiary/aromatic N) is 4. The van der Waals surface area contributed by atoms with Gasteiger partial charge in [0.05, 0.1) is 21.5 Å². The number of aromatic amines is 1. The van der Waals surface area contributed by atoms with Crippen LogP contribution in [0.2, 0.25) is 0 Å². The van der Waals surface area contributed by atoms with Crippen LogP contribution in [-0.2, 0) is 16.2 Å². The molecule has 1 atom stereocenters. The number of alkyl halides is 3. The Morgan fingerprint density at radius 2 is 1.89 bits per heavy atom. The van der Waals surface area contributed by atoms with E-state index in [0.717, 1.165) is 12.4 Å². The summed E-state index contributed by atoms with van der Waals surface area (Å²) in [6.45, 7) is 3.86. The average molecular weight is 537 g/mol. The smallest absolute Gasteiger partial charge is 0.408 e. The van der Waals surface area contributed by atoms with Crippen LogP contribution >= 0.6 is 0 Å². The molecule has 10 nitrogen and oxygen atoms in total. The Morgan fingerprint density at radius 1 is 1.14 bits per heavy atom. The molecule has 2 N–H and O–H groups in total.